The summed E-state index contributed by atoms with van der Waals surface area (Å²) in [5, 5.41) is 3.61. The van der Waals surface area contributed by atoms with Gasteiger partial charge >= 0.3 is 0 Å². The minimum atomic E-state index is -0.00202. The predicted molar refractivity (Wildman–Crippen MR) is 91.2 cm³/mol. The predicted octanol–water partition coefficient (Wildman–Crippen LogP) is 3.61. The first-order valence-electron chi connectivity index (χ1n) is 7.34. The van der Waals surface area contributed by atoms with Gasteiger partial charge in [0, 0.05) is 29.6 Å². The van der Waals surface area contributed by atoms with E-state index in [2.05, 4.69) is 5.32 Å². The molecule has 0 fully saturated rings. The van der Waals surface area contributed by atoms with Gasteiger partial charge in [-0.3, -0.25) is 4.79 Å². The maximum atomic E-state index is 12.0. The van der Waals surface area contributed by atoms with Gasteiger partial charge < -0.3 is 14.8 Å². The molecule has 1 N–H and O–H groups in total. The topological polar surface area (TPSA) is 47.6 Å². The molecule has 0 saturated carbocycles. The third-order valence-corrected chi connectivity index (χ3v) is 3.78. The lowest BCUT2D eigenvalue weighted by Gasteiger charge is -2.11. The fourth-order valence-corrected chi connectivity index (χ4v) is 2.32. The van der Waals surface area contributed by atoms with Crippen LogP contribution in [0.3, 0.4) is 0 Å². The van der Waals surface area contributed by atoms with Crippen molar-refractivity contribution in [3.63, 3.8) is 0 Å². The molecule has 4 nitrogen and oxygen atoms in total. The zero-order chi connectivity index (χ0) is 16.7. The number of ether oxygens (including phenoxy) is 2. The van der Waals surface area contributed by atoms with E-state index < -0.39 is 0 Å². The first-order chi connectivity index (χ1) is 11.1. The zero-order valence-electron chi connectivity index (χ0n) is 13.3. The summed E-state index contributed by atoms with van der Waals surface area (Å²) in [6.07, 6.45) is 1.11. The van der Waals surface area contributed by atoms with Crippen molar-refractivity contribution in [1.29, 1.82) is 0 Å². The summed E-state index contributed by atoms with van der Waals surface area (Å²) in [5.74, 6) is 1.42. The third kappa shape index (κ3) is 5.18. The highest BCUT2D eigenvalue weighted by Crippen LogP contribution is 2.24. The Hall–Kier alpha value is -2.20. The van der Waals surface area contributed by atoms with Gasteiger partial charge in [0.05, 0.1) is 14.2 Å². The highest BCUT2D eigenvalue weighted by molar-refractivity contribution is 6.30. The lowest BCUT2D eigenvalue weighted by molar-refractivity contribution is -0.121. The molecule has 1 amide bonds. The highest BCUT2D eigenvalue weighted by Gasteiger charge is 2.07. The van der Waals surface area contributed by atoms with Crippen LogP contribution in [0.25, 0.3) is 0 Å². The molecule has 23 heavy (non-hydrogen) atoms. The molecule has 0 atom stereocenters. The monoisotopic (exact) mass is 333 g/mol. The number of methoxy groups -OCH3 is 2. The highest BCUT2D eigenvalue weighted by atomic mass is 35.5. The molecule has 122 valence electrons. The molecule has 0 spiro atoms. The molecule has 0 aromatic heterocycles. The SMILES string of the molecule is COc1ccc(CNC(=O)CCc2ccc(Cl)cc2)c(OC)c1. The molecule has 0 aliphatic carbocycles. The minimum Gasteiger partial charge on any atom is -0.497 e. The number of nitrogens with one attached hydrogen (secondary N) is 1. The summed E-state index contributed by atoms with van der Waals surface area (Å²) in [4.78, 5) is 12.0. The molecule has 2 aromatic rings. The summed E-state index contributed by atoms with van der Waals surface area (Å²) in [6.45, 7) is 0.423. The van der Waals surface area contributed by atoms with E-state index >= 15 is 0 Å². The number of benzene rings is 2. The van der Waals surface area contributed by atoms with Crippen molar-refractivity contribution in [2.24, 2.45) is 0 Å². The van der Waals surface area contributed by atoms with Crippen LogP contribution in [0.4, 0.5) is 0 Å². The Morgan fingerprint density at radius 1 is 1.09 bits per heavy atom. The average molecular weight is 334 g/mol. The molecule has 2 rings (SSSR count). The second-order valence-corrected chi connectivity index (χ2v) is 5.52. The van der Waals surface area contributed by atoms with Crippen molar-refractivity contribution >= 4 is 17.5 Å². The van der Waals surface area contributed by atoms with Gasteiger partial charge in [-0.2, -0.15) is 0 Å². The van der Waals surface area contributed by atoms with Gasteiger partial charge in [0.25, 0.3) is 0 Å². The third-order valence-electron chi connectivity index (χ3n) is 3.52. The lowest BCUT2D eigenvalue weighted by atomic mass is 10.1. The summed E-state index contributed by atoms with van der Waals surface area (Å²) < 4.78 is 10.5. The van der Waals surface area contributed by atoms with E-state index in [0.717, 1.165) is 16.9 Å². The Morgan fingerprint density at radius 3 is 2.48 bits per heavy atom. The van der Waals surface area contributed by atoms with Crippen LogP contribution in [-0.4, -0.2) is 20.1 Å². The second kappa shape index (κ2) is 8.44. The van der Waals surface area contributed by atoms with Gasteiger partial charge in [0.15, 0.2) is 0 Å². The Morgan fingerprint density at radius 2 is 1.83 bits per heavy atom. The van der Waals surface area contributed by atoms with E-state index in [1.807, 2.05) is 36.4 Å². The van der Waals surface area contributed by atoms with Gasteiger partial charge in [-0.1, -0.05) is 23.7 Å². The van der Waals surface area contributed by atoms with Gasteiger partial charge in [-0.05, 0) is 36.2 Å². The fraction of sp³-hybridized carbons (Fsp3) is 0.278. The standard InChI is InChI=1S/C18H20ClNO3/c1-22-16-9-6-14(17(11-16)23-2)12-20-18(21)10-5-13-3-7-15(19)8-4-13/h3-4,6-9,11H,5,10,12H2,1-2H3,(H,20,21). The van der Waals surface area contributed by atoms with Crippen LogP contribution in [0.15, 0.2) is 42.5 Å². The van der Waals surface area contributed by atoms with Crippen LogP contribution < -0.4 is 14.8 Å². The van der Waals surface area contributed by atoms with Gasteiger partial charge in [0.1, 0.15) is 11.5 Å². The van der Waals surface area contributed by atoms with Crippen LogP contribution in [0.5, 0.6) is 11.5 Å². The summed E-state index contributed by atoms with van der Waals surface area (Å²) in [6, 6.07) is 13.1. The summed E-state index contributed by atoms with van der Waals surface area (Å²) in [5.41, 5.74) is 2.00. The van der Waals surface area contributed by atoms with E-state index in [0.29, 0.717) is 30.2 Å². The van der Waals surface area contributed by atoms with Crippen molar-refractivity contribution < 1.29 is 14.3 Å². The number of hydrogen-bond donors (Lipinski definition) is 1. The molecule has 0 aliphatic rings. The van der Waals surface area contributed by atoms with E-state index in [9.17, 15) is 4.79 Å². The average Bonchev–Trinajstić information content (AvgIpc) is 2.59. The number of carbonyl (C=O) groups is 1. The summed E-state index contributed by atoms with van der Waals surface area (Å²) in [7, 11) is 3.20. The Bertz CT molecular complexity index is 656. The molecule has 0 heterocycles. The van der Waals surface area contributed by atoms with Crippen molar-refractivity contribution in [3.8, 4) is 11.5 Å². The number of rotatable bonds is 7. The van der Waals surface area contributed by atoms with Gasteiger partial charge in [0.2, 0.25) is 5.91 Å². The second-order valence-electron chi connectivity index (χ2n) is 5.08. The first-order valence-corrected chi connectivity index (χ1v) is 7.72. The largest absolute Gasteiger partial charge is 0.497 e. The first kappa shape index (κ1) is 17.2. The van der Waals surface area contributed by atoms with Crippen molar-refractivity contribution in [1.82, 2.24) is 5.32 Å². The molecular formula is C18H20ClNO3. The van der Waals surface area contributed by atoms with Crippen molar-refractivity contribution in [3.05, 3.63) is 58.6 Å². The van der Waals surface area contributed by atoms with E-state index in [4.69, 9.17) is 21.1 Å². The normalized spacial score (nSPS) is 10.2. The Balaban J connectivity index is 1.85. The molecule has 0 aliphatic heterocycles. The Labute approximate surface area is 141 Å². The fourth-order valence-electron chi connectivity index (χ4n) is 2.19. The quantitative estimate of drug-likeness (QED) is 0.842. The van der Waals surface area contributed by atoms with E-state index in [1.165, 1.54) is 0 Å². The number of halogens is 1. The Kier molecular flexibility index (Phi) is 6.29. The minimum absolute atomic E-state index is 0.00202. The van der Waals surface area contributed by atoms with E-state index in [-0.39, 0.29) is 5.91 Å². The van der Waals surface area contributed by atoms with E-state index in [1.54, 1.807) is 20.3 Å². The molecule has 0 unspecified atom stereocenters. The summed E-state index contributed by atoms with van der Waals surface area (Å²) >= 11 is 5.84. The van der Waals surface area contributed by atoms with Gasteiger partial charge in [-0.15, -0.1) is 0 Å². The molecule has 5 heteroatoms. The van der Waals surface area contributed by atoms with Crippen molar-refractivity contribution in [2.45, 2.75) is 19.4 Å². The molecule has 2 aromatic carbocycles. The van der Waals surface area contributed by atoms with Crippen LogP contribution in [0.2, 0.25) is 5.02 Å². The molecular weight excluding hydrogens is 314 g/mol. The maximum absolute atomic E-state index is 12.0. The number of carbonyl (C=O) groups excluding carboxylic acids is 1. The van der Waals surface area contributed by atoms with Crippen LogP contribution in [0.1, 0.15) is 17.5 Å². The smallest absolute Gasteiger partial charge is 0.220 e. The van der Waals surface area contributed by atoms with Crippen LogP contribution in [0, 0.1) is 0 Å². The number of aryl methyl sites for hydroxylation is 1. The molecule has 0 saturated heterocycles. The molecule has 0 radical (unpaired) electrons. The number of amides is 1. The lowest BCUT2D eigenvalue weighted by Crippen LogP contribution is -2.23. The van der Waals surface area contributed by atoms with Gasteiger partial charge in [-0.25, -0.2) is 0 Å². The van der Waals surface area contributed by atoms with Crippen LogP contribution >= 0.6 is 11.6 Å². The number of hydrogen-bond acceptors (Lipinski definition) is 3. The molecule has 0 bridgehead atoms. The van der Waals surface area contributed by atoms with Crippen molar-refractivity contribution in [2.75, 3.05) is 14.2 Å². The maximum Gasteiger partial charge on any atom is 0.220 e. The zero-order valence-corrected chi connectivity index (χ0v) is 14.0. The van der Waals surface area contributed by atoms with Crippen LogP contribution in [-0.2, 0) is 17.8 Å².